The highest BCUT2D eigenvalue weighted by Crippen LogP contribution is 1.90. The molecule has 2 nitrogen and oxygen atoms in total. The maximum absolute atomic E-state index is 4.11. The smallest absolute Gasteiger partial charge is 0.0513 e. The molecule has 0 fully saturated rings. The average molecular weight is 136 g/mol. The predicted octanol–water partition coefficient (Wildman–Crippen LogP) is 1.47. The highest BCUT2D eigenvalue weighted by atomic mass is 15.3. The van der Waals surface area contributed by atoms with Crippen LogP contribution in [0.4, 0.5) is 0 Å². The third kappa shape index (κ3) is 2.49. The maximum atomic E-state index is 4.11. The van der Waals surface area contributed by atoms with Gasteiger partial charge in [-0.3, -0.25) is 0 Å². The lowest BCUT2D eigenvalue weighted by molar-refractivity contribution is 0.822. The molecule has 0 unspecified atom stereocenters. The van der Waals surface area contributed by atoms with Gasteiger partial charge in [0.05, 0.1) is 6.54 Å². The fraction of sp³-hybridized carbons (Fsp3) is 0.375. The van der Waals surface area contributed by atoms with Crippen LogP contribution in [0.3, 0.4) is 0 Å². The molecule has 0 aromatic heterocycles. The van der Waals surface area contributed by atoms with E-state index in [4.69, 9.17) is 0 Å². The zero-order valence-corrected chi connectivity index (χ0v) is 6.17. The van der Waals surface area contributed by atoms with Gasteiger partial charge in [-0.25, -0.2) is 0 Å². The fourth-order valence-electron chi connectivity index (χ4n) is 0.743. The third-order valence-corrected chi connectivity index (χ3v) is 1.28. The summed E-state index contributed by atoms with van der Waals surface area (Å²) in [5.41, 5.74) is 4.06. The topological polar surface area (TPSA) is 24.4 Å². The molecule has 0 aliphatic carbocycles. The molecular weight excluding hydrogens is 124 g/mol. The van der Waals surface area contributed by atoms with Gasteiger partial charge in [0, 0.05) is 12.1 Å². The van der Waals surface area contributed by atoms with Crippen molar-refractivity contribution in [2.75, 3.05) is 6.54 Å². The van der Waals surface area contributed by atoms with Crippen molar-refractivity contribution >= 4 is 5.71 Å². The molecule has 1 rings (SSSR count). The van der Waals surface area contributed by atoms with Crippen molar-refractivity contribution in [3.63, 3.8) is 0 Å². The van der Waals surface area contributed by atoms with Gasteiger partial charge in [-0.05, 0) is 6.92 Å². The molecular formula is C8H12N2. The van der Waals surface area contributed by atoms with Crippen LogP contribution in [-0.2, 0) is 0 Å². The van der Waals surface area contributed by atoms with Crippen molar-refractivity contribution in [3.8, 4) is 0 Å². The van der Waals surface area contributed by atoms with Crippen molar-refractivity contribution in [2.24, 2.45) is 5.10 Å². The third-order valence-electron chi connectivity index (χ3n) is 1.28. The molecule has 1 aliphatic rings. The Bertz CT molecular complexity index is 178. The monoisotopic (exact) mass is 136 g/mol. The molecule has 0 radical (unpaired) electrons. The van der Waals surface area contributed by atoms with Crippen LogP contribution in [0.2, 0.25) is 0 Å². The van der Waals surface area contributed by atoms with Gasteiger partial charge in [0.15, 0.2) is 0 Å². The Morgan fingerprint density at radius 2 is 2.20 bits per heavy atom. The van der Waals surface area contributed by atoms with E-state index in [1.54, 1.807) is 0 Å². The summed E-state index contributed by atoms with van der Waals surface area (Å²) >= 11 is 0. The number of rotatable bonds is 0. The van der Waals surface area contributed by atoms with Crippen LogP contribution in [-0.4, -0.2) is 12.3 Å². The highest BCUT2D eigenvalue weighted by Gasteiger charge is 1.86. The second-order valence-corrected chi connectivity index (χ2v) is 2.27. The van der Waals surface area contributed by atoms with E-state index in [2.05, 4.69) is 16.6 Å². The first-order chi connectivity index (χ1) is 4.89. The number of allylic oxidation sites excluding steroid dienone is 3. The summed E-state index contributed by atoms with van der Waals surface area (Å²) in [6, 6.07) is 0. The number of nitrogens with zero attached hydrogens (tertiary/aromatic N) is 1. The lowest BCUT2D eigenvalue weighted by Gasteiger charge is -1.95. The maximum Gasteiger partial charge on any atom is 0.0513 e. The van der Waals surface area contributed by atoms with Gasteiger partial charge in [0.1, 0.15) is 0 Å². The van der Waals surface area contributed by atoms with E-state index in [1.807, 2.05) is 25.2 Å². The molecule has 2 heteroatoms. The lowest BCUT2D eigenvalue weighted by Crippen LogP contribution is -2.07. The minimum Gasteiger partial charge on any atom is -0.306 e. The number of hydrogen-bond donors (Lipinski definition) is 1. The van der Waals surface area contributed by atoms with Crippen molar-refractivity contribution in [1.82, 2.24) is 5.43 Å². The van der Waals surface area contributed by atoms with Gasteiger partial charge < -0.3 is 5.43 Å². The van der Waals surface area contributed by atoms with E-state index in [9.17, 15) is 0 Å². The SMILES string of the molecule is C/C1=N/NC/C=C\C=C/C1. The van der Waals surface area contributed by atoms with Gasteiger partial charge >= 0.3 is 0 Å². The van der Waals surface area contributed by atoms with E-state index < -0.39 is 0 Å². The van der Waals surface area contributed by atoms with Gasteiger partial charge in [-0.1, -0.05) is 24.3 Å². The Morgan fingerprint density at radius 3 is 3.10 bits per heavy atom. The summed E-state index contributed by atoms with van der Waals surface area (Å²) < 4.78 is 0. The predicted molar refractivity (Wildman–Crippen MR) is 44.0 cm³/mol. The van der Waals surface area contributed by atoms with Crippen LogP contribution in [0.25, 0.3) is 0 Å². The standard InChI is InChI=1S/C8H12N2/c1-8-6-4-2-3-5-7-9-10-8/h2-5,9H,6-7H2,1H3/b4-2-,5-3-,10-8-. The molecule has 10 heavy (non-hydrogen) atoms. The number of hydrazone groups is 1. The first-order valence-corrected chi connectivity index (χ1v) is 3.47. The Kier molecular flexibility index (Phi) is 2.74. The van der Waals surface area contributed by atoms with Crippen molar-refractivity contribution in [3.05, 3.63) is 24.3 Å². The van der Waals surface area contributed by atoms with Gasteiger partial charge in [0.2, 0.25) is 0 Å². The molecule has 0 amide bonds. The summed E-state index contributed by atoms with van der Waals surface area (Å²) in [6.07, 6.45) is 9.16. The largest absolute Gasteiger partial charge is 0.306 e. The van der Waals surface area contributed by atoms with Gasteiger partial charge in [-0.2, -0.15) is 5.10 Å². The molecule has 0 spiro atoms. The second-order valence-electron chi connectivity index (χ2n) is 2.27. The molecule has 0 atom stereocenters. The molecule has 0 aromatic rings. The van der Waals surface area contributed by atoms with E-state index in [0.29, 0.717) is 0 Å². The van der Waals surface area contributed by atoms with Gasteiger partial charge in [-0.15, -0.1) is 0 Å². The minimum absolute atomic E-state index is 0.821. The molecule has 1 heterocycles. The Hall–Kier alpha value is -1.05. The number of nitrogens with one attached hydrogen (secondary N) is 1. The van der Waals surface area contributed by atoms with E-state index in [0.717, 1.165) is 18.7 Å². The molecule has 1 N–H and O–H groups in total. The van der Waals surface area contributed by atoms with E-state index in [1.165, 1.54) is 0 Å². The summed E-state index contributed by atoms with van der Waals surface area (Å²) in [4.78, 5) is 0. The highest BCUT2D eigenvalue weighted by molar-refractivity contribution is 5.83. The average Bonchev–Trinajstić information content (AvgIpc) is 2.02. The van der Waals surface area contributed by atoms with Crippen LogP contribution in [0.5, 0.6) is 0 Å². The van der Waals surface area contributed by atoms with E-state index in [-0.39, 0.29) is 0 Å². The molecule has 0 saturated heterocycles. The molecule has 1 aliphatic heterocycles. The van der Waals surface area contributed by atoms with Crippen molar-refractivity contribution in [1.29, 1.82) is 0 Å². The fourth-order valence-corrected chi connectivity index (χ4v) is 0.743. The Morgan fingerprint density at radius 1 is 1.40 bits per heavy atom. The Labute approximate surface area is 61.3 Å². The normalized spacial score (nSPS) is 29.9. The van der Waals surface area contributed by atoms with Gasteiger partial charge in [0.25, 0.3) is 0 Å². The first kappa shape index (κ1) is 7.06. The second kappa shape index (κ2) is 3.88. The minimum atomic E-state index is 0.821. The van der Waals surface area contributed by atoms with Crippen LogP contribution < -0.4 is 5.43 Å². The van der Waals surface area contributed by atoms with Crippen molar-refractivity contribution in [2.45, 2.75) is 13.3 Å². The quantitative estimate of drug-likeness (QED) is 0.535. The van der Waals surface area contributed by atoms with Crippen LogP contribution in [0, 0.1) is 0 Å². The zero-order valence-electron chi connectivity index (χ0n) is 6.17. The van der Waals surface area contributed by atoms with Crippen LogP contribution in [0.15, 0.2) is 29.4 Å². The van der Waals surface area contributed by atoms with E-state index >= 15 is 0 Å². The molecule has 0 saturated carbocycles. The summed E-state index contributed by atoms with van der Waals surface area (Å²) in [5.74, 6) is 0. The summed E-state index contributed by atoms with van der Waals surface area (Å²) in [6.45, 7) is 2.84. The molecule has 0 bridgehead atoms. The lowest BCUT2D eigenvalue weighted by atomic mass is 10.3. The summed E-state index contributed by atoms with van der Waals surface area (Å²) in [5, 5.41) is 4.11. The molecule has 54 valence electrons. The summed E-state index contributed by atoms with van der Waals surface area (Å²) in [7, 11) is 0. The first-order valence-electron chi connectivity index (χ1n) is 3.47. The van der Waals surface area contributed by atoms with Crippen LogP contribution >= 0.6 is 0 Å². The Balaban J connectivity index is 2.54. The molecule has 0 aromatic carbocycles. The van der Waals surface area contributed by atoms with Crippen molar-refractivity contribution < 1.29 is 0 Å². The zero-order chi connectivity index (χ0) is 7.23. The number of hydrogen-bond acceptors (Lipinski definition) is 2. The van der Waals surface area contributed by atoms with Crippen LogP contribution in [0.1, 0.15) is 13.3 Å².